The Morgan fingerprint density at radius 1 is 1.41 bits per heavy atom. The topological polar surface area (TPSA) is 60.2 Å². The van der Waals surface area contributed by atoms with Gasteiger partial charge in [-0.2, -0.15) is 4.98 Å². The summed E-state index contributed by atoms with van der Waals surface area (Å²) in [6.07, 6.45) is 3.28. The third-order valence-corrected chi connectivity index (χ3v) is 3.72. The van der Waals surface area contributed by atoms with Crippen LogP contribution in [0.1, 0.15) is 37.9 Å². The number of piperidine rings is 1. The number of nitrogens with one attached hydrogen (secondary N) is 1. The highest BCUT2D eigenvalue weighted by Gasteiger charge is 2.34. The van der Waals surface area contributed by atoms with Crippen LogP contribution in [0.15, 0.2) is 28.8 Å². The van der Waals surface area contributed by atoms with Gasteiger partial charge >= 0.3 is 0 Å². The number of aromatic nitrogens is 2. The second kappa shape index (κ2) is 7.07. The van der Waals surface area contributed by atoms with Gasteiger partial charge in [-0.25, -0.2) is 4.39 Å². The molecule has 0 radical (unpaired) electrons. The Bertz CT molecular complexity index is 614. The van der Waals surface area contributed by atoms with Gasteiger partial charge in [-0.3, -0.25) is 0 Å². The molecule has 1 N–H and O–H groups in total. The molecule has 2 heterocycles. The molecule has 0 spiro atoms. The monoisotopic (exact) mass is 327 g/mol. The average molecular weight is 328 g/mol. The Balaban J connectivity index is 0.00000176. The van der Waals surface area contributed by atoms with Crippen molar-refractivity contribution in [3.63, 3.8) is 0 Å². The summed E-state index contributed by atoms with van der Waals surface area (Å²) in [7, 11) is 0. The first-order chi connectivity index (χ1) is 10.2. The van der Waals surface area contributed by atoms with Gasteiger partial charge in [-0.05, 0) is 44.9 Å². The molecule has 1 aliphatic heterocycles. The number of hydrogen-bond acceptors (Lipinski definition) is 5. The van der Waals surface area contributed by atoms with E-state index >= 15 is 0 Å². The molecule has 22 heavy (non-hydrogen) atoms. The van der Waals surface area contributed by atoms with Gasteiger partial charge in [0, 0.05) is 6.07 Å². The van der Waals surface area contributed by atoms with E-state index in [0.29, 0.717) is 17.5 Å². The average Bonchev–Trinajstić information content (AvgIpc) is 2.96. The molecule has 1 atom stereocenters. The molecule has 1 unspecified atom stereocenters. The van der Waals surface area contributed by atoms with Crippen LogP contribution >= 0.6 is 12.4 Å². The number of ether oxygens (including phenoxy) is 1. The Hall–Kier alpha value is -1.66. The van der Waals surface area contributed by atoms with Crippen molar-refractivity contribution in [2.75, 3.05) is 6.54 Å². The fraction of sp³-hybridized carbons (Fsp3) is 0.467. The number of nitrogens with zero attached hydrogens (tertiary/aromatic N) is 2. The standard InChI is InChI=1S/C15H18FN3O2.ClH/c1-15(7-2-3-8-17-15)14-18-13(19-21-14)10-20-12-6-4-5-11(16)9-12;/h4-6,9,17H,2-3,7-8,10H2,1H3;1H. The van der Waals surface area contributed by atoms with Gasteiger partial charge in [0.05, 0.1) is 5.54 Å². The minimum atomic E-state index is -0.333. The van der Waals surface area contributed by atoms with Gasteiger partial charge in [0.2, 0.25) is 11.7 Å². The molecular formula is C15H19ClFN3O2. The maximum atomic E-state index is 13.1. The number of rotatable bonds is 4. The normalized spacial score (nSPS) is 21.2. The molecule has 120 valence electrons. The first-order valence-electron chi connectivity index (χ1n) is 7.12. The lowest BCUT2D eigenvalue weighted by atomic mass is 9.91. The molecule has 1 saturated heterocycles. The van der Waals surface area contributed by atoms with Crippen LogP contribution in [0.4, 0.5) is 4.39 Å². The molecule has 2 aromatic rings. The van der Waals surface area contributed by atoms with E-state index in [1.807, 2.05) is 0 Å². The van der Waals surface area contributed by atoms with Crippen LogP contribution in [-0.4, -0.2) is 16.7 Å². The number of hydrogen-bond donors (Lipinski definition) is 1. The largest absolute Gasteiger partial charge is 0.485 e. The predicted molar refractivity (Wildman–Crippen MR) is 81.5 cm³/mol. The van der Waals surface area contributed by atoms with E-state index in [-0.39, 0.29) is 30.4 Å². The second-order valence-corrected chi connectivity index (χ2v) is 5.48. The molecule has 0 saturated carbocycles. The van der Waals surface area contributed by atoms with Gasteiger partial charge in [-0.1, -0.05) is 11.2 Å². The lowest BCUT2D eigenvalue weighted by Gasteiger charge is -2.31. The van der Waals surface area contributed by atoms with E-state index in [2.05, 4.69) is 22.4 Å². The van der Waals surface area contributed by atoms with Crippen molar-refractivity contribution in [2.24, 2.45) is 0 Å². The Morgan fingerprint density at radius 2 is 2.27 bits per heavy atom. The summed E-state index contributed by atoms with van der Waals surface area (Å²) in [6, 6.07) is 5.98. The maximum Gasteiger partial charge on any atom is 0.246 e. The van der Waals surface area contributed by atoms with Crippen molar-refractivity contribution in [3.05, 3.63) is 41.8 Å². The molecule has 0 amide bonds. The van der Waals surface area contributed by atoms with Crippen molar-refractivity contribution >= 4 is 12.4 Å². The fourth-order valence-corrected chi connectivity index (χ4v) is 2.48. The van der Waals surface area contributed by atoms with Crippen molar-refractivity contribution in [3.8, 4) is 5.75 Å². The van der Waals surface area contributed by atoms with Crippen LogP contribution in [0.2, 0.25) is 0 Å². The molecule has 1 aliphatic rings. The first-order valence-corrected chi connectivity index (χ1v) is 7.12. The molecule has 3 rings (SSSR count). The molecule has 0 bridgehead atoms. The van der Waals surface area contributed by atoms with Crippen molar-refractivity contribution in [1.29, 1.82) is 0 Å². The molecule has 0 aliphatic carbocycles. The zero-order valence-electron chi connectivity index (χ0n) is 12.3. The third-order valence-electron chi connectivity index (χ3n) is 3.72. The predicted octanol–water partition coefficient (Wildman–Crippen LogP) is 3.20. The first kappa shape index (κ1) is 16.7. The van der Waals surface area contributed by atoms with Gasteiger partial charge < -0.3 is 14.6 Å². The highest BCUT2D eigenvalue weighted by Crippen LogP contribution is 2.28. The SMILES string of the molecule is CC1(c2nc(COc3cccc(F)c3)no2)CCCCN1.Cl. The summed E-state index contributed by atoms with van der Waals surface area (Å²) in [5.41, 5.74) is -0.262. The van der Waals surface area contributed by atoms with Crippen LogP contribution in [0.5, 0.6) is 5.75 Å². The fourth-order valence-electron chi connectivity index (χ4n) is 2.48. The Morgan fingerprint density at radius 3 is 3.00 bits per heavy atom. The van der Waals surface area contributed by atoms with Gasteiger partial charge in [0.25, 0.3) is 0 Å². The highest BCUT2D eigenvalue weighted by molar-refractivity contribution is 5.85. The lowest BCUT2D eigenvalue weighted by molar-refractivity contribution is 0.205. The molecule has 1 fully saturated rings. The van der Waals surface area contributed by atoms with E-state index in [9.17, 15) is 4.39 Å². The van der Waals surface area contributed by atoms with E-state index < -0.39 is 0 Å². The van der Waals surface area contributed by atoms with Crippen molar-refractivity contribution in [1.82, 2.24) is 15.5 Å². The zero-order valence-corrected chi connectivity index (χ0v) is 13.2. The summed E-state index contributed by atoms with van der Waals surface area (Å²) < 4.78 is 23.9. The van der Waals surface area contributed by atoms with E-state index in [0.717, 1.165) is 19.4 Å². The maximum absolute atomic E-state index is 13.1. The van der Waals surface area contributed by atoms with E-state index in [4.69, 9.17) is 9.26 Å². The smallest absolute Gasteiger partial charge is 0.246 e. The molecule has 5 nitrogen and oxygen atoms in total. The second-order valence-electron chi connectivity index (χ2n) is 5.48. The molecule has 1 aromatic heterocycles. The van der Waals surface area contributed by atoms with Crippen LogP contribution in [0, 0.1) is 5.82 Å². The van der Waals surface area contributed by atoms with Crippen molar-refractivity contribution < 1.29 is 13.7 Å². The summed E-state index contributed by atoms with van der Waals surface area (Å²) in [4.78, 5) is 4.38. The highest BCUT2D eigenvalue weighted by atomic mass is 35.5. The minimum absolute atomic E-state index is 0. The van der Waals surface area contributed by atoms with Gasteiger partial charge in [-0.15, -0.1) is 12.4 Å². The Labute approximate surface area is 134 Å². The van der Waals surface area contributed by atoms with Gasteiger partial charge in [0.1, 0.15) is 11.6 Å². The quantitative estimate of drug-likeness (QED) is 0.934. The van der Waals surface area contributed by atoms with E-state index in [1.165, 1.54) is 18.6 Å². The lowest BCUT2D eigenvalue weighted by Crippen LogP contribution is -2.43. The number of halogens is 2. The Kier molecular flexibility index (Phi) is 5.37. The van der Waals surface area contributed by atoms with Crippen molar-refractivity contribution in [2.45, 2.75) is 38.3 Å². The van der Waals surface area contributed by atoms with Crippen LogP contribution in [0.3, 0.4) is 0 Å². The minimum Gasteiger partial charge on any atom is -0.485 e. The summed E-state index contributed by atoms with van der Waals surface area (Å²) in [5, 5.41) is 7.35. The van der Waals surface area contributed by atoms with Gasteiger partial charge in [0.15, 0.2) is 6.61 Å². The van der Waals surface area contributed by atoms with Crippen LogP contribution in [0.25, 0.3) is 0 Å². The van der Waals surface area contributed by atoms with Crippen LogP contribution < -0.4 is 10.1 Å². The van der Waals surface area contributed by atoms with E-state index in [1.54, 1.807) is 12.1 Å². The summed E-state index contributed by atoms with van der Waals surface area (Å²) in [5.74, 6) is 1.16. The summed E-state index contributed by atoms with van der Waals surface area (Å²) in [6.45, 7) is 3.17. The third kappa shape index (κ3) is 3.75. The number of benzene rings is 1. The molecule has 7 heteroatoms. The molecular weight excluding hydrogens is 309 g/mol. The zero-order chi connectivity index (χ0) is 14.7. The van der Waals surface area contributed by atoms with Crippen LogP contribution in [-0.2, 0) is 12.1 Å². The summed E-state index contributed by atoms with van der Waals surface area (Å²) >= 11 is 0. The molecule has 1 aromatic carbocycles.